The van der Waals surface area contributed by atoms with E-state index >= 15 is 0 Å². The van der Waals surface area contributed by atoms with Crippen LogP contribution >= 0.6 is 11.3 Å². The number of ether oxygens (including phenoxy) is 1. The molecule has 1 saturated heterocycles. The monoisotopic (exact) mass is 307 g/mol. The third kappa shape index (κ3) is 3.74. The molecular weight excluding hydrogens is 286 g/mol. The van der Waals surface area contributed by atoms with Crippen molar-refractivity contribution in [3.8, 4) is 0 Å². The van der Waals surface area contributed by atoms with Crippen LogP contribution in [-0.4, -0.2) is 35.8 Å². The number of aryl methyl sites for hydroxylation is 1. The summed E-state index contributed by atoms with van der Waals surface area (Å²) >= 11 is 1.60. The minimum Gasteiger partial charge on any atom is -0.465 e. The smallest absolute Gasteiger partial charge is 0.118 e. The highest BCUT2D eigenvalue weighted by molar-refractivity contribution is 7.10. The van der Waals surface area contributed by atoms with Gasteiger partial charge < -0.3 is 14.3 Å². The highest BCUT2D eigenvalue weighted by atomic mass is 32.1. The van der Waals surface area contributed by atoms with Crippen LogP contribution in [0.3, 0.4) is 0 Å². The molecule has 21 heavy (non-hydrogen) atoms. The summed E-state index contributed by atoms with van der Waals surface area (Å²) in [5.74, 6) is 1.92. The molecule has 0 aromatic carbocycles. The Hall–Kier alpha value is -1.14. The molecule has 2 aromatic heterocycles. The van der Waals surface area contributed by atoms with E-state index in [1.807, 2.05) is 36.6 Å². The minimum atomic E-state index is -0.419. The number of morpholine rings is 1. The maximum Gasteiger partial charge on any atom is 0.118 e. The van der Waals surface area contributed by atoms with Gasteiger partial charge in [-0.15, -0.1) is 11.3 Å². The molecule has 0 bridgehead atoms. The zero-order chi connectivity index (χ0) is 14.7. The molecule has 114 valence electrons. The Labute approximate surface area is 129 Å². The lowest BCUT2D eigenvalue weighted by Gasteiger charge is -2.36. The molecule has 0 radical (unpaired) electrons. The van der Waals surface area contributed by atoms with Crippen molar-refractivity contribution in [1.29, 1.82) is 0 Å². The first-order chi connectivity index (χ1) is 10.2. The van der Waals surface area contributed by atoms with Crippen molar-refractivity contribution in [1.82, 2.24) is 4.90 Å². The molecule has 4 nitrogen and oxygen atoms in total. The quantitative estimate of drug-likeness (QED) is 0.922. The number of hydrogen-bond acceptors (Lipinski definition) is 5. The summed E-state index contributed by atoms with van der Waals surface area (Å²) in [6.07, 6.45) is 0.276. The Kier molecular flexibility index (Phi) is 4.75. The summed E-state index contributed by atoms with van der Waals surface area (Å²) in [5.41, 5.74) is 0. The molecule has 0 spiro atoms. The van der Waals surface area contributed by atoms with Gasteiger partial charge in [0.05, 0.1) is 25.9 Å². The predicted molar refractivity (Wildman–Crippen MR) is 82.4 cm³/mol. The van der Waals surface area contributed by atoms with Gasteiger partial charge >= 0.3 is 0 Å². The van der Waals surface area contributed by atoms with Gasteiger partial charge in [-0.1, -0.05) is 6.07 Å². The SMILES string of the molecule is Cc1ccc(CN2CCOCC2CC(O)c2cccs2)o1. The molecule has 0 amide bonds. The standard InChI is InChI=1S/C16H21NO3S/c1-12-4-5-14(20-12)10-17-6-7-19-11-13(17)9-15(18)16-3-2-8-21-16/h2-5,8,13,15,18H,6-7,9-11H2,1H3. The summed E-state index contributed by atoms with van der Waals surface area (Å²) in [5, 5.41) is 12.4. The first-order valence-corrected chi connectivity index (χ1v) is 8.19. The molecule has 0 saturated carbocycles. The first-order valence-electron chi connectivity index (χ1n) is 7.31. The van der Waals surface area contributed by atoms with E-state index in [9.17, 15) is 5.11 Å². The number of thiophene rings is 1. The van der Waals surface area contributed by atoms with Gasteiger partial charge in [0, 0.05) is 17.5 Å². The first kappa shape index (κ1) is 14.8. The molecule has 1 fully saturated rings. The predicted octanol–water partition coefficient (Wildman–Crippen LogP) is 2.97. The van der Waals surface area contributed by atoms with Gasteiger partial charge in [-0.3, -0.25) is 4.90 Å². The fourth-order valence-corrected chi connectivity index (χ4v) is 3.46. The van der Waals surface area contributed by atoms with Crippen molar-refractivity contribution in [2.45, 2.75) is 32.0 Å². The second kappa shape index (κ2) is 6.75. The zero-order valence-electron chi connectivity index (χ0n) is 12.2. The van der Waals surface area contributed by atoms with Crippen LogP contribution in [0, 0.1) is 6.92 Å². The normalized spacial score (nSPS) is 21.5. The summed E-state index contributed by atoms with van der Waals surface area (Å²) in [7, 11) is 0. The summed E-state index contributed by atoms with van der Waals surface area (Å²) < 4.78 is 11.3. The van der Waals surface area contributed by atoms with E-state index in [0.717, 1.165) is 36.1 Å². The largest absolute Gasteiger partial charge is 0.465 e. The molecule has 1 N–H and O–H groups in total. The van der Waals surface area contributed by atoms with E-state index in [1.54, 1.807) is 11.3 Å². The molecule has 3 heterocycles. The summed E-state index contributed by atoms with van der Waals surface area (Å²) in [6, 6.07) is 8.20. The highest BCUT2D eigenvalue weighted by Crippen LogP contribution is 2.26. The molecule has 1 aliphatic rings. The minimum absolute atomic E-state index is 0.223. The Bertz CT molecular complexity index is 552. The Morgan fingerprint density at radius 2 is 2.33 bits per heavy atom. The van der Waals surface area contributed by atoms with Crippen LogP contribution in [0.1, 0.15) is 28.9 Å². The number of rotatable bonds is 5. The maximum atomic E-state index is 10.4. The number of aliphatic hydroxyl groups excluding tert-OH is 1. The lowest BCUT2D eigenvalue weighted by Crippen LogP contribution is -2.45. The lowest BCUT2D eigenvalue weighted by atomic mass is 10.1. The van der Waals surface area contributed by atoms with Gasteiger partial charge in [0.1, 0.15) is 11.5 Å². The van der Waals surface area contributed by atoms with Crippen LogP contribution in [-0.2, 0) is 11.3 Å². The Balaban J connectivity index is 1.63. The third-order valence-corrected chi connectivity index (χ3v) is 4.84. The lowest BCUT2D eigenvalue weighted by molar-refractivity contribution is -0.0320. The second-order valence-electron chi connectivity index (χ2n) is 5.48. The molecule has 2 unspecified atom stereocenters. The van der Waals surface area contributed by atoms with Crippen LogP contribution in [0.5, 0.6) is 0 Å². The molecular formula is C16H21NO3S. The van der Waals surface area contributed by atoms with E-state index < -0.39 is 6.10 Å². The Morgan fingerprint density at radius 1 is 1.43 bits per heavy atom. The van der Waals surface area contributed by atoms with Crippen LogP contribution in [0.25, 0.3) is 0 Å². The van der Waals surface area contributed by atoms with Crippen molar-refractivity contribution in [3.05, 3.63) is 46.0 Å². The second-order valence-corrected chi connectivity index (χ2v) is 6.46. The van der Waals surface area contributed by atoms with E-state index in [2.05, 4.69) is 4.90 Å². The van der Waals surface area contributed by atoms with Crippen molar-refractivity contribution >= 4 is 11.3 Å². The van der Waals surface area contributed by atoms with Crippen LogP contribution in [0.4, 0.5) is 0 Å². The molecule has 0 aliphatic carbocycles. The van der Waals surface area contributed by atoms with E-state index in [-0.39, 0.29) is 6.04 Å². The van der Waals surface area contributed by atoms with Gasteiger partial charge in [0.15, 0.2) is 0 Å². The molecule has 5 heteroatoms. The summed E-state index contributed by atoms with van der Waals surface area (Å²) in [4.78, 5) is 3.37. The fraction of sp³-hybridized carbons (Fsp3) is 0.500. The summed E-state index contributed by atoms with van der Waals surface area (Å²) in [6.45, 7) is 5.02. The third-order valence-electron chi connectivity index (χ3n) is 3.87. The maximum absolute atomic E-state index is 10.4. The number of furan rings is 1. The topological polar surface area (TPSA) is 45.8 Å². The van der Waals surface area contributed by atoms with Crippen LogP contribution < -0.4 is 0 Å². The molecule has 1 aliphatic heterocycles. The highest BCUT2D eigenvalue weighted by Gasteiger charge is 2.27. The van der Waals surface area contributed by atoms with E-state index in [0.29, 0.717) is 13.0 Å². The van der Waals surface area contributed by atoms with Crippen molar-refractivity contribution in [2.24, 2.45) is 0 Å². The number of aliphatic hydroxyl groups is 1. The van der Waals surface area contributed by atoms with Gasteiger partial charge in [0.25, 0.3) is 0 Å². The van der Waals surface area contributed by atoms with Crippen LogP contribution in [0.15, 0.2) is 34.1 Å². The molecule has 3 rings (SSSR count). The van der Waals surface area contributed by atoms with E-state index in [1.165, 1.54) is 0 Å². The van der Waals surface area contributed by atoms with Gasteiger partial charge in [0.2, 0.25) is 0 Å². The van der Waals surface area contributed by atoms with Crippen molar-refractivity contribution in [3.63, 3.8) is 0 Å². The number of nitrogens with zero attached hydrogens (tertiary/aromatic N) is 1. The van der Waals surface area contributed by atoms with Crippen molar-refractivity contribution < 1.29 is 14.3 Å². The van der Waals surface area contributed by atoms with Gasteiger partial charge in [-0.05, 0) is 36.9 Å². The molecule has 2 aromatic rings. The van der Waals surface area contributed by atoms with E-state index in [4.69, 9.17) is 9.15 Å². The average molecular weight is 307 g/mol. The zero-order valence-corrected chi connectivity index (χ0v) is 13.0. The average Bonchev–Trinajstić information content (AvgIpc) is 3.13. The Morgan fingerprint density at radius 3 is 3.05 bits per heavy atom. The van der Waals surface area contributed by atoms with Crippen LogP contribution in [0.2, 0.25) is 0 Å². The van der Waals surface area contributed by atoms with Gasteiger partial charge in [-0.25, -0.2) is 0 Å². The molecule has 2 atom stereocenters. The van der Waals surface area contributed by atoms with Gasteiger partial charge in [-0.2, -0.15) is 0 Å². The number of hydrogen-bond donors (Lipinski definition) is 1. The van der Waals surface area contributed by atoms with Crippen molar-refractivity contribution in [2.75, 3.05) is 19.8 Å². The fourth-order valence-electron chi connectivity index (χ4n) is 2.74.